The van der Waals surface area contributed by atoms with Gasteiger partial charge >= 0.3 is 0 Å². The second-order valence-electron chi connectivity index (χ2n) is 5.64. The third-order valence-corrected chi connectivity index (χ3v) is 4.57. The Balaban J connectivity index is 1.87. The zero-order valence-electron chi connectivity index (χ0n) is 12.0. The van der Waals surface area contributed by atoms with Crippen molar-refractivity contribution in [2.24, 2.45) is 5.92 Å². The van der Waals surface area contributed by atoms with Crippen LogP contribution in [0.25, 0.3) is 0 Å². The predicted molar refractivity (Wildman–Crippen MR) is 73.5 cm³/mol. The van der Waals surface area contributed by atoms with Crippen LogP contribution in [0.5, 0.6) is 0 Å². The van der Waals surface area contributed by atoms with E-state index in [9.17, 15) is 4.79 Å². The average Bonchev–Trinajstić information content (AvgIpc) is 2.41. The van der Waals surface area contributed by atoms with Gasteiger partial charge in [0, 0.05) is 25.7 Å². The molecule has 0 radical (unpaired) electrons. The van der Waals surface area contributed by atoms with E-state index >= 15 is 0 Å². The molecule has 3 aliphatic heterocycles. The number of carbonyl (C=O) groups is 1. The van der Waals surface area contributed by atoms with Crippen LogP contribution in [0.1, 0.15) is 33.6 Å². The fourth-order valence-corrected chi connectivity index (χ4v) is 3.36. The molecule has 4 heteroatoms. The van der Waals surface area contributed by atoms with Crippen LogP contribution < -0.4 is 5.32 Å². The number of fused-ring (bicyclic) bond motifs is 3. The van der Waals surface area contributed by atoms with Gasteiger partial charge in [-0.15, -0.1) is 0 Å². The fourth-order valence-electron chi connectivity index (χ4n) is 3.36. The van der Waals surface area contributed by atoms with Gasteiger partial charge in [-0.1, -0.05) is 0 Å². The highest BCUT2D eigenvalue weighted by Gasteiger charge is 2.35. The molecule has 18 heavy (non-hydrogen) atoms. The van der Waals surface area contributed by atoms with Crippen molar-refractivity contribution in [3.63, 3.8) is 0 Å². The largest absolute Gasteiger partial charge is 0.342 e. The lowest BCUT2D eigenvalue weighted by molar-refractivity contribution is -0.133. The van der Waals surface area contributed by atoms with Gasteiger partial charge < -0.3 is 15.1 Å². The van der Waals surface area contributed by atoms with Gasteiger partial charge in [0.05, 0.1) is 6.04 Å². The minimum Gasteiger partial charge on any atom is -0.342 e. The normalized spacial score (nSPS) is 32.3. The Hall–Kier alpha value is -0.610. The summed E-state index contributed by atoms with van der Waals surface area (Å²) in [7, 11) is 0. The van der Waals surface area contributed by atoms with Crippen molar-refractivity contribution in [2.75, 3.05) is 32.7 Å². The summed E-state index contributed by atoms with van der Waals surface area (Å²) in [5.74, 6) is 1.03. The number of hydrogen-bond acceptors (Lipinski definition) is 3. The first-order chi connectivity index (χ1) is 8.65. The van der Waals surface area contributed by atoms with Gasteiger partial charge in [0.25, 0.3) is 0 Å². The molecule has 0 aromatic heterocycles. The standard InChI is InChI=1S/C14H27N3O/c1-4-17(5-2)14(18)11(3)15-13-10-16-8-6-12(13)7-9-16/h11-13,15H,4-10H2,1-3H3. The van der Waals surface area contributed by atoms with Gasteiger partial charge in [0.2, 0.25) is 5.91 Å². The molecule has 0 aromatic carbocycles. The molecule has 1 amide bonds. The van der Waals surface area contributed by atoms with Gasteiger partial charge in [-0.2, -0.15) is 0 Å². The summed E-state index contributed by atoms with van der Waals surface area (Å²) in [6.07, 6.45) is 2.59. The molecule has 3 rings (SSSR count). The predicted octanol–water partition coefficient (Wildman–Crippen LogP) is 0.927. The first-order valence-corrected chi connectivity index (χ1v) is 7.42. The van der Waals surface area contributed by atoms with Crippen molar-refractivity contribution >= 4 is 5.91 Å². The van der Waals surface area contributed by atoms with Crippen LogP contribution in [-0.4, -0.2) is 60.5 Å². The van der Waals surface area contributed by atoms with E-state index < -0.39 is 0 Å². The van der Waals surface area contributed by atoms with Gasteiger partial charge in [-0.25, -0.2) is 0 Å². The summed E-state index contributed by atoms with van der Waals surface area (Å²) in [5.41, 5.74) is 0. The number of hydrogen-bond donors (Lipinski definition) is 1. The molecular weight excluding hydrogens is 226 g/mol. The molecular formula is C14H27N3O. The Morgan fingerprint density at radius 1 is 1.33 bits per heavy atom. The van der Waals surface area contributed by atoms with E-state index in [0.717, 1.165) is 25.6 Å². The van der Waals surface area contributed by atoms with Gasteiger partial charge in [-0.3, -0.25) is 4.79 Å². The average molecular weight is 253 g/mol. The lowest BCUT2D eigenvalue weighted by atomic mass is 9.83. The summed E-state index contributed by atoms with van der Waals surface area (Å²) in [5, 5.41) is 3.57. The lowest BCUT2D eigenvalue weighted by Crippen LogP contribution is -2.59. The Labute approximate surface area is 111 Å². The first-order valence-electron chi connectivity index (χ1n) is 7.42. The molecule has 3 fully saturated rings. The molecule has 0 spiro atoms. The first kappa shape index (κ1) is 13.8. The van der Waals surface area contributed by atoms with Crippen molar-refractivity contribution in [3.8, 4) is 0 Å². The van der Waals surface area contributed by atoms with E-state index in [0.29, 0.717) is 6.04 Å². The molecule has 3 aliphatic rings. The van der Waals surface area contributed by atoms with Crippen molar-refractivity contribution < 1.29 is 4.79 Å². The second-order valence-corrected chi connectivity index (χ2v) is 5.64. The maximum Gasteiger partial charge on any atom is 0.239 e. The maximum absolute atomic E-state index is 12.2. The highest BCUT2D eigenvalue weighted by Crippen LogP contribution is 2.27. The number of nitrogens with one attached hydrogen (secondary N) is 1. The molecule has 3 heterocycles. The molecule has 0 aliphatic carbocycles. The highest BCUT2D eigenvalue weighted by atomic mass is 16.2. The molecule has 1 N–H and O–H groups in total. The van der Waals surface area contributed by atoms with Crippen molar-refractivity contribution in [3.05, 3.63) is 0 Å². The molecule has 2 atom stereocenters. The maximum atomic E-state index is 12.2. The zero-order valence-corrected chi connectivity index (χ0v) is 12.0. The number of carbonyl (C=O) groups excluding carboxylic acids is 1. The number of piperidine rings is 3. The Bertz CT molecular complexity index is 283. The van der Waals surface area contributed by atoms with E-state index in [1.165, 1.54) is 25.9 Å². The minimum absolute atomic E-state index is 0.0459. The Morgan fingerprint density at radius 3 is 2.39 bits per heavy atom. The number of rotatable bonds is 5. The van der Waals surface area contributed by atoms with E-state index in [-0.39, 0.29) is 11.9 Å². The third-order valence-electron chi connectivity index (χ3n) is 4.57. The fraction of sp³-hybridized carbons (Fsp3) is 0.929. The molecule has 3 saturated heterocycles. The van der Waals surface area contributed by atoms with Crippen LogP contribution in [0, 0.1) is 5.92 Å². The molecule has 104 valence electrons. The van der Waals surface area contributed by atoms with E-state index in [2.05, 4.69) is 10.2 Å². The van der Waals surface area contributed by atoms with E-state index in [1.54, 1.807) is 0 Å². The number of amides is 1. The molecule has 4 nitrogen and oxygen atoms in total. The van der Waals surface area contributed by atoms with Crippen LogP contribution in [-0.2, 0) is 4.79 Å². The topological polar surface area (TPSA) is 35.6 Å². The van der Waals surface area contributed by atoms with Gasteiger partial charge in [-0.05, 0) is 52.6 Å². The molecule has 2 unspecified atom stereocenters. The van der Waals surface area contributed by atoms with Crippen LogP contribution in [0.2, 0.25) is 0 Å². The second kappa shape index (κ2) is 6.02. The minimum atomic E-state index is -0.0459. The summed E-state index contributed by atoms with van der Waals surface area (Å²) in [6, 6.07) is 0.470. The SMILES string of the molecule is CCN(CC)C(=O)C(C)NC1CN2CCC1CC2. The van der Waals surface area contributed by atoms with Crippen molar-refractivity contribution in [1.29, 1.82) is 0 Å². The van der Waals surface area contributed by atoms with Crippen LogP contribution in [0.4, 0.5) is 0 Å². The zero-order chi connectivity index (χ0) is 13.1. The molecule has 2 bridgehead atoms. The van der Waals surface area contributed by atoms with E-state index in [4.69, 9.17) is 0 Å². The Morgan fingerprint density at radius 2 is 1.94 bits per heavy atom. The van der Waals surface area contributed by atoms with Crippen LogP contribution in [0.15, 0.2) is 0 Å². The van der Waals surface area contributed by atoms with Gasteiger partial charge in [0.15, 0.2) is 0 Å². The lowest BCUT2D eigenvalue weighted by Gasteiger charge is -2.46. The summed E-state index contributed by atoms with van der Waals surface area (Å²) >= 11 is 0. The van der Waals surface area contributed by atoms with Crippen LogP contribution in [0.3, 0.4) is 0 Å². The highest BCUT2D eigenvalue weighted by molar-refractivity contribution is 5.81. The van der Waals surface area contributed by atoms with Crippen molar-refractivity contribution in [1.82, 2.24) is 15.1 Å². The summed E-state index contributed by atoms with van der Waals surface area (Å²) < 4.78 is 0. The van der Waals surface area contributed by atoms with E-state index in [1.807, 2.05) is 25.7 Å². The van der Waals surface area contributed by atoms with Crippen LogP contribution >= 0.6 is 0 Å². The smallest absolute Gasteiger partial charge is 0.239 e. The number of likely N-dealkylation sites (N-methyl/N-ethyl adjacent to an activating group) is 1. The molecule has 0 aromatic rings. The summed E-state index contributed by atoms with van der Waals surface area (Å²) in [6.45, 7) is 11.3. The summed E-state index contributed by atoms with van der Waals surface area (Å²) in [4.78, 5) is 16.7. The van der Waals surface area contributed by atoms with Gasteiger partial charge in [0.1, 0.15) is 0 Å². The number of nitrogens with zero attached hydrogens (tertiary/aromatic N) is 2. The monoisotopic (exact) mass is 253 g/mol. The molecule has 0 saturated carbocycles. The van der Waals surface area contributed by atoms with Crippen molar-refractivity contribution in [2.45, 2.75) is 45.7 Å². The quantitative estimate of drug-likeness (QED) is 0.791. The Kier molecular flexibility index (Phi) is 4.62. The third kappa shape index (κ3) is 2.86.